The molecule has 0 unspecified atom stereocenters. The number of rotatable bonds is 2. The summed E-state index contributed by atoms with van der Waals surface area (Å²) in [7, 11) is 0. The van der Waals surface area contributed by atoms with Crippen LogP contribution < -0.4 is 0 Å². The fourth-order valence-electron chi connectivity index (χ4n) is 1.07. The Morgan fingerprint density at radius 1 is 1.50 bits per heavy atom. The lowest BCUT2D eigenvalue weighted by Gasteiger charge is -2.08. The molecule has 0 spiro atoms. The van der Waals surface area contributed by atoms with Gasteiger partial charge in [0.25, 0.3) is 0 Å². The highest BCUT2D eigenvalue weighted by atomic mass is 79.9. The summed E-state index contributed by atoms with van der Waals surface area (Å²) in [5.41, 5.74) is 0.0735. The molecule has 0 heterocycles. The molecule has 4 heteroatoms. The summed E-state index contributed by atoms with van der Waals surface area (Å²) < 4.78 is 13.8. The van der Waals surface area contributed by atoms with Gasteiger partial charge >= 0.3 is 0 Å². The zero-order chi connectivity index (χ0) is 10.9. The maximum absolute atomic E-state index is 13.4. The molecule has 0 aromatic heterocycles. The number of hydrogen-bond acceptors (Lipinski definition) is 1. The van der Waals surface area contributed by atoms with E-state index in [1.807, 2.05) is 0 Å². The molecule has 0 radical (unpaired) electrons. The van der Waals surface area contributed by atoms with Crippen molar-refractivity contribution in [3.8, 4) is 0 Å². The first-order chi connectivity index (χ1) is 6.43. The second kappa shape index (κ2) is 4.41. The normalized spacial score (nSPS) is 10.7. The highest BCUT2D eigenvalue weighted by molar-refractivity contribution is 9.10. The molecule has 0 saturated heterocycles. The van der Waals surface area contributed by atoms with Crippen LogP contribution >= 0.6 is 27.5 Å². The van der Waals surface area contributed by atoms with Gasteiger partial charge in [0, 0.05) is 15.4 Å². The first-order valence-corrected chi connectivity index (χ1v) is 5.29. The molecule has 76 valence electrons. The van der Waals surface area contributed by atoms with Gasteiger partial charge in [0.1, 0.15) is 5.82 Å². The summed E-state index contributed by atoms with van der Waals surface area (Å²) in [6.45, 7) is 3.45. The number of Topliss-reactive ketones (excluding diaryl/α,β-unsaturated/α-hetero) is 1. The predicted octanol–water partition coefficient (Wildman–Crippen LogP) is 4.08. The minimum Gasteiger partial charge on any atom is -0.294 e. The number of carbonyl (C=O) groups excluding carboxylic acids is 1. The Hall–Kier alpha value is -0.410. The fourth-order valence-corrected chi connectivity index (χ4v) is 2.03. The largest absolute Gasteiger partial charge is 0.294 e. The van der Waals surface area contributed by atoms with E-state index in [0.717, 1.165) is 6.07 Å². The summed E-state index contributed by atoms with van der Waals surface area (Å²) in [4.78, 5) is 11.6. The highest BCUT2D eigenvalue weighted by Gasteiger charge is 2.19. The van der Waals surface area contributed by atoms with Crippen LogP contribution in [-0.2, 0) is 0 Å². The lowest BCUT2D eigenvalue weighted by atomic mass is 10.0. The molecule has 0 amide bonds. The Balaban J connectivity index is 3.28. The summed E-state index contributed by atoms with van der Waals surface area (Å²) >= 11 is 8.75. The lowest BCUT2D eigenvalue weighted by molar-refractivity contribution is 0.0934. The Morgan fingerprint density at radius 2 is 2.07 bits per heavy atom. The van der Waals surface area contributed by atoms with Gasteiger partial charge in [-0.05, 0) is 28.1 Å². The van der Waals surface area contributed by atoms with E-state index >= 15 is 0 Å². The minimum absolute atomic E-state index is 0.0735. The molecule has 0 atom stereocenters. The van der Waals surface area contributed by atoms with Gasteiger partial charge in [0.05, 0.1) is 5.56 Å². The van der Waals surface area contributed by atoms with E-state index in [0.29, 0.717) is 4.47 Å². The Morgan fingerprint density at radius 3 is 2.50 bits per heavy atom. The van der Waals surface area contributed by atoms with E-state index < -0.39 is 5.82 Å². The van der Waals surface area contributed by atoms with Gasteiger partial charge in [-0.2, -0.15) is 0 Å². The average Bonchev–Trinajstić information content (AvgIpc) is 2.01. The number of ketones is 1. The van der Waals surface area contributed by atoms with Crippen LogP contribution in [0, 0.1) is 11.7 Å². The van der Waals surface area contributed by atoms with Crippen LogP contribution in [0.5, 0.6) is 0 Å². The molecule has 0 N–H and O–H groups in total. The van der Waals surface area contributed by atoms with Crippen LogP contribution in [0.15, 0.2) is 16.6 Å². The van der Waals surface area contributed by atoms with E-state index in [2.05, 4.69) is 15.9 Å². The third-order valence-electron chi connectivity index (χ3n) is 1.78. The predicted molar refractivity (Wildman–Crippen MR) is 58.3 cm³/mol. The van der Waals surface area contributed by atoms with Crippen molar-refractivity contribution < 1.29 is 9.18 Å². The van der Waals surface area contributed by atoms with E-state index in [9.17, 15) is 9.18 Å². The van der Waals surface area contributed by atoms with E-state index in [-0.39, 0.29) is 22.3 Å². The lowest BCUT2D eigenvalue weighted by Crippen LogP contribution is -2.10. The molecule has 14 heavy (non-hydrogen) atoms. The zero-order valence-electron chi connectivity index (χ0n) is 7.77. The molecule has 1 aromatic carbocycles. The van der Waals surface area contributed by atoms with E-state index in [1.54, 1.807) is 13.8 Å². The van der Waals surface area contributed by atoms with Crippen LogP contribution in [0.2, 0.25) is 5.02 Å². The summed E-state index contributed by atoms with van der Waals surface area (Å²) in [6, 6.07) is 2.65. The van der Waals surface area contributed by atoms with Gasteiger partial charge in [-0.1, -0.05) is 25.4 Å². The van der Waals surface area contributed by atoms with E-state index in [1.165, 1.54) is 6.07 Å². The van der Waals surface area contributed by atoms with Crippen LogP contribution in [0.25, 0.3) is 0 Å². The summed E-state index contributed by atoms with van der Waals surface area (Å²) in [5.74, 6) is -1.05. The van der Waals surface area contributed by atoms with Crippen LogP contribution in [0.1, 0.15) is 24.2 Å². The zero-order valence-corrected chi connectivity index (χ0v) is 10.1. The minimum atomic E-state index is -0.580. The van der Waals surface area contributed by atoms with Crippen LogP contribution in [-0.4, -0.2) is 5.78 Å². The van der Waals surface area contributed by atoms with E-state index in [4.69, 9.17) is 11.6 Å². The van der Waals surface area contributed by atoms with Crippen molar-refractivity contribution in [1.82, 2.24) is 0 Å². The van der Waals surface area contributed by atoms with Crippen LogP contribution in [0.3, 0.4) is 0 Å². The quantitative estimate of drug-likeness (QED) is 0.746. The topological polar surface area (TPSA) is 17.1 Å². The van der Waals surface area contributed by atoms with Crippen molar-refractivity contribution in [2.75, 3.05) is 0 Å². The van der Waals surface area contributed by atoms with Gasteiger partial charge in [0.15, 0.2) is 5.78 Å². The van der Waals surface area contributed by atoms with Gasteiger partial charge in [-0.15, -0.1) is 0 Å². The van der Waals surface area contributed by atoms with Gasteiger partial charge in [-0.25, -0.2) is 4.39 Å². The van der Waals surface area contributed by atoms with Crippen molar-refractivity contribution in [3.63, 3.8) is 0 Å². The number of halogens is 3. The molecule has 0 saturated carbocycles. The fraction of sp³-hybridized carbons (Fsp3) is 0.300. The standard InChI is InChI=1S/C10H9BrClFO/c1-5(2)10(14)9-7(11)3-6(12)4-8(9)13/h3-5H,1-2H3. The van der Waals surface area contributed by atoms with Gasteiger partial charge < -0.3 is 0 Å². The molecule has 0 bridgehead atoms. The molecule has 1 nitrogen and oxygen atoms in total. The molecule has 0 aliphatic rings. The molecule has 0 fully saturated rings. The highest BCUT2D eigenvalue weighted by Crippen LogP contribution is 2.26. The summed E-state index contributed by atoms with van der Waals surface area (Å²) in [6.07, 6.45) is 0. The number of hydrogen-bond donors (Lipinski definition) is 0. The molecular formula is C10H9BrClFO. The maximum atomic E-state index is 13.4. The molecule has 0 aliphatic carbocycles. The number of benzene rings is 1. The smallest absolute Gasteiger partial charge is 0.169 e. The van der Waals surface area contributed by atoms with Crippen molar-refractivity contribution in [2.45, 2.75) is 13.8 Å². The van der Waals surface area contributed by atoms with Gasteiger partial charge in [0.2, 0.25) is 0 Å². The third-order valence-corrected chi connectivity index (χ3v) is 2.62. The maximum Gasteiger partial charge on any atom is 0.169 e. The average molecular weight is 280 g/mol. The first kappa shape index (κ1) is 11.7. The van der Waals surface area contributed by atoms with Crippen molar-refractivity contribution >= 4 is 33.3 Å². The van der Waals surface area contributed by atoms with Gasteiger partial charge in [-0.3, -0.25) is 4.79 Å². The Labute approximate surface area is 95.4 Å². The second-order valence-corrected chi connectivity index (χ2v) is 4.55. The van der Waals surface area contributed by atoms with Crippen molar-refractivity contribution in [2.24, 2.45) is 5.92 Å². The summed E-state index contributed by atoms with van der Waals surface area (Å²) in [5, 5.41) is 0.273. The van der Waals surface area contributed by atoms with Crippen LogP contribution in [0.4, 0.5) is 4.39 Å². The molecule has 1 aromatic rings. The first-order valence-electron chi connectivity index (χ1n) is 4.12. The third kappa shape index (κ3) is 2.34. The number of carbonyl (C=O) groups is 1. The monoisotopic (exact) mass is 278 g/mol. The Kier molecular flexibility index (Phi) is 3.67. The molecule has 0 aliphatic heterocycles. The van der Waals surface area contributed by atoms with Crippen molar-refractivity contribution in [1.29, 1.82) is 0 Å². The van der Waals surface area contributed by atoms with Crippen molar-refractivity contribution in [3.05, 3.63) is 33.0 Å². The second-order valence-electron chi connectivity index (χ2n) is 3.26. The Bertz CT molecular complexity index is 353. The molecule has 1 rings (SSSR count). The SMILES string of the molecule is CC(C)C(=O)c1c(F)cc(Cl)cc1Br. The molecular weight excluding hydrogens is 270 g/mol.